The number of aliphatic hydroxyl groups is 1. The quantitative estimate of drug-likeness (QED) is 0.252. The minimum absolute atomic E-state index is 0.00345. The molecule has 0 bridgehead atoms. The number of benzene rings is 1. The number of nitrogens with zero attached hydrogens (tertiary/aromatic N) is 4. The Hall–Kier alpha value is -2.71. The van der Waals surface area contributed by atoms with E-state index in [1.165, 1.54) is 29.7 Å². The third-order valence-corrected chi connectivity index (χ3v) is 6.07. The second-order valence-electron chi connectivity index (χ2n) is 7.66. The zero-order chi connectivity index (χ0) is 27.1. The predicted octanol–water partition coefficient (Wildman–Crippen LogP) is 4.53. The molecule has 4 rings (SSSR count). The summed E-state index contributed by atoms with van der Waals surface area (Å²) < 4.78 is 66.5. The summed E-state index contributed by atoms with van der Waals surface area (Å²) in [6.07, 6.45) is -3.65. The minimum atomic E-state index is -4.86. The van der Waals surface area contributed by atoms with Gasteiger partial charge in [-0.1, -0.05) is 28.4 Å². The van der Waals surface area contributed by atoms with Crippen LogP contribution in [0.15, 0.2) is 35.1 Å². The zero-order valence-corrected chi connectivity index (χ0v) is 20.9. The molecular formula is C20H16Cl2F3N4O7P. The van der Waals surface area contributed by atoms with E-state index in [-0.39, 0.29) is 44.4 Å². The number of aromatic nitrogens is 4. The van der Waals surface area contributed by atoms with Crippen molar-refractivity contribution in [1.29, 1.82) is 0 Å². The first-order valence-electron chi connectivity index (χ1n) is 10.1. The summed E-state index contributed by atoms with van der Waals surface area (Å²) in [5.41, 5.74) is 0.0760. The van der Waals surface area contributed by atoms with Crippen LogP contribution in [0.25, 0.3) is 28.6 Å². The summed E-state index contributed by atoms with van der Waals surface area (Å²) in [6.45, 7) is 0.306. The third kappa shape index (κ3) is 6.24. The Morgan fingerprint density at radius 1 is 1.16 bits per heavy atom. The number of phosphoric ester groups is 1. The Kier molecular flexibility index (Phi) is 7.55. The summed E-state index contributed by atoms with van der Waals surface area (Å²) in [5, 5.41) is 13.1. The van der Waals surface area contributed by atoms with Crippen molar-refractivity contribution in [1.82, 2.24) is 19.5 Å². The maximum atomic E-state index is 13.1. The molecule has 0 fully saturated rings. The van der Waals surface area contributed by atoms with Gasteiger partial charge in [-0.25, -0.2) is 9.55 Å². The molecule has 37 heavy (non-hydrogen) atoms. The number of halogens is 5. The van der Waals surface area contributed by atoms with E-state index in [4.69, 9.17) is 42.2 Å². The molecule has 0 saturated carbocycles. The van der Waals surface area contributed by atoms with Crippen molar-refractivity contribution < 1.29 is 46.4 Å². The van der Waals surface area contributed by atoms with Gasteiger partial charge in [0.05, 0.1) is 22.2 Å². The third-order valence-electron chi connectivity index (χ3n) is 4.88. The van der Waals surface area contributed by atoms with Crippen molar-refractivity contribution in [3.63, 3.8) is 0 Å². The number of phosphoric acid groups is 1. The van der Waals surface area contributed by atoms with E-state index in [0.29, 0.717) is 5.56 Å². The van der Waals surface area contributed by atoms with Gasteiger partial charge in [0.2, 0.25) is 5.82 Å². The van der Waals surface area contributed by atoms with E-state index < -0.39 is 38.9 Å². The van der Waals surface area contributed by atoms with Crippen LogP contribution >= 0.6 is 31.0 Å². The lowest BCUT2D eigenvalue weighted by Gasteiger charge is -2.17. The molecule has 198 valence electrons. The fourth-order valence-electron chi connectivity index (χ4n) is 3.27. The monoisotopic (exact) mass is 582 g/mol. The van der Waals surface area contributed by atoms with Crippen LogP contribution in [-0.2, 0) is 15.3 Å². The molecule has 3 N–H and O–H groups in total. The largest absolute Gasteiger partial charge is 0.489 e. The van der Waals surface area contributed by atoms with Gasteiger partial charge in [0.1, 0.15) is 29.8 Å². The van der Waals surface area contributed by atoms with Gasteiger partial charge in [-0.3, -0.25) is 4.52 Å². The molecular weight excluding hydrogens is 567 g/mol. The molecule has 0 aliphatic carbocycles. The molecule has 1 atom stereocenters. The fourth-order valence-corrected chi connectivity index (χ4v) is 4.24. The van der Waals surface area contributed by atoms with Gasteiger partial charge < -0.3 is 28.6 Å². The second kappa shape index (κ2) is 10.2. The zero-order valence-electron chi connectivity index (χ0n) is 18.5. The molecule has 4 aromatic rings. The van der Waals surface area contributed by atoms with Gasteiger partial charge in [0, 0.05) is 24.0 Å². The Bertz CT molecular complexity index is 1510. The van der Waals surface area contributed by atoms with Crippen LogP contribution in [0.5, 0.6) is 5.75 Å². The number of ether oxygens (including phenoxy) is 1. The van der Waals surface area contributed by atoms with E-state index in [0.717, 1.165) is 12.3 Å². The van der Waals surface area contributed by atoms with Crippen molar-refractivity contribution >= 4 is 36.7 Å². The van der Waals surface area contributed by atoms with E-state index in [1.807, 2.05) is 0 Å². The first-order chi connectivity index (χ1) is 17.2. The van der Waals surface area contributed by atoms with Crippen LogP contribution in [0.2, 0.25) is 10.0 Å². The molecule has 3 aromatic heterocycles. The van der Waals surface area contributed by atoms with Gasteiger partial charge in [-0.2, -0.15) is 18.2 Å². The molecule has 0 aliphatic heterocycles. The molecule has 0 aliphatic rings. The van der Waals surface area contributed by atoms with Gasteiger partial charge >= 0.3 is 14.0 Å². The molecule has 1 unspecified atom stereocenters. The van der Waals surface area contributed by atoms with Crippen LogP contribution in [-0.4, -0.2) is 53.7 Å². The SMILES string of the molecule is Cc1cc(C(F)(F)F)cn2cc(-c3nc(-c4cc(Cl)c(OCC(CO)OP(=O)(O)O)cc4Cl)no3)nc12. The van der Waals surface area contributed by atoms with Crippen molar-refractivity contribution in [2.75, 3.05) is 13.2 Å². The van der Waals surface area contributed by atoms with Gasteiger partial charge in [0.25, 0.3) is 5.89 Å². The highest BCUT2D eigenvalue weighted by Gasteiger charge is 2.32. The first-order valence-corrected chi connectivity index (χ1v) is 12.4. The van der Waals surface area contributed by atoms with Crippen molar-refractivity contribution in [3.05, 3.63) is 51.8 Å². The van der Waals surface area contributed by atoms with Crippen molar-refractivity contribution in [2.45, 2.75) is 19.2 Å². The van der Waals surface area contributed by atoms with E-state index >= 15 is 0 Å². The number of fused-ring (bicyclic) bond motifs is 1. The lowest BCUT2D eigenvalue weighted by Crippen LogP contribution is -2.24. The molecule has 0 saturated heterocycles. The van der Waals surface area contributed by atoms with Crippen molar-refractivity contribution in [2.24, 2.45) is 0 Å². The number of aryl methyl sites for hydroxylation is 1. The summed E-state index contributed by atoms with van der Waals surface area (Å²) >= 11 is 12.5. The first kappa shape index (κ1) is 27.3. The van der Waals surface area contributed by atoms with Gasteiger partial charge in [-0.15, -0.1) is 0 Å². The lowest BCUT2D eigenvalue weighted by atomic mass is 10.2. The number of imidazole rings is 1. The molecule has 0 spiro atoms. The Labute approximate surface area is 215 Å². The minimum Gasteiger partial charge on any atom is -0.489 e. The topological polar surface area (TPSA) is 152 Å². The van der Waals surface area contributed by atoms with Crippen LogP contribution in [0.1, 0.15) is 11.1 Å². The highest BCUT2D eigenvalue weighted by molar-refractivity contribution is 7.46. The van der Waals surface area contributed by atoms with Crippen LogP contribution in [0.3, 0.4) is 0 Å². The highest BCUT2D eigenvalue weighted by Crippen LogP contribution is 2.39. The highest BCUT2D eigenvalue weighted by atomic mass is 35.5. The predicted molar refractivity (Wildman–Crippen MR) is 123 cm³/mol. The molecule has 0 amide bonds. The average molecular weight is 583 g/mol. The number of pyridine rings is 1. The fraction of sp³-hybridized carbons (Fsp3) is 0.250. The number of hydrogen-bond donors (Lipinski definition) is 3. The van der Waals surface area contributed by atoms with E-state index in [9.17, 15) is 22.8 Å². The maximum Gasteiger partial charge on any atom is 0.470 e. The summed E-state index contributed by atoms with van der Waals surface area (Å²) in [6, 6.07) is 3.61. The summed E-state index contributed by atoms with van der Waals surface area (Å²) in [5.74, 6) is -0.0704. The smallest absolute Gasteiger partial charge is 0.470 e. The number of hydrogen-bond acceptors (Lipinski definition) is 8. The Morgan fingerprint density at radius 2 is 1.89 bits per heavy atom. The summed E-state index contributed by atoms with van der Waals surface area (Å²) in [7, 11) is -4.86. The summed E-state index contributed by atoms with van der Waals surface area (Å²) in [4.78, 5) is 26.2. The van der Waals surface area contributed by atoms with E-state index in [2.05, 4.69) is 19.6 Å². The van der Waals surface area contributed by atoms with E-state index in [1.54, 1.807) is 0 Å². The van der Waals surface area contributed by atoms with Crippen LogP contribution < -0.4 is 4.74 Å². The molecule has 1 aromatic carbocycles. The normalized spacial score (nSPS) is 13.3. The molecule has 11 nitrogen and oxygen atoms in total. The Balaban J connectivity index is 1.58. The second-order valence-corrected chi connectivity index (χ2v) is 9.67. The van der Waals surface area contributed by atoms with Gasteiger partial charge in [0.15, 0.2) is 0 Å². The number of alkyl halides is 3. The van der Waals surface area contributed by atoms with Crippen LogP contribution in [0.4, 0.5) is 13.2 Å². The van der Waals surface area contributed by atoms with Crippen molar-refractivity contribution in [3.8, 4) is 28.7 Å². The molecule has 0 radical (unpaired) electrons. The maximum absolute atomic E-state index is 13.1. The van der Waals surface area contributed by atoms with Crippen LogP contribution in [0, 0.1) is 6.92 Å². The Morgan fingerprint density at radius 3 is 2.54 bits per heavy atom. The number of rotatable bonds is 8. The lowest BCUT2D eigenvalue weighted by molar-refractivity contribution is -0.137. The number of aliphatic hydroxyl groups excluding tert-OH is 1. The standard InChI is InChI=1S/C20H16Cl2F3N4O7P/c1-9-2-10(20(23,24)25)5-29-6-15(26-18(9)29)19-27-17(28-35-19)12-3-14(22)16(4-13(12)21)34-8-11(7-30)36-37(31,32)33/h2-6,11,30H,7-8H2,1H3,(H2,31,32,33). The average Bonchev–Trinajstić information content (AvgIpc) is 3.44. The molecule has 3 heterocycles. The van der Waals surface area contributed by atoms with Gasteiger partial charge in [-0.05, 0) is 24.6 Å². The molecule has 17 heteroatoms.